The fourth-order valence-electron chi connectivity index (χ4n) is 2.14. The Bertz CT molecular complexity index is 556. The topological polar surface area (TPSA) is 47.7 Å². The summed E-state index contributed by atoms with van der Waals surface area (Å²) in [5.74, 6) is 1.54. The van der Waals surface area contributed by atoms with Crippen molar-refractivity contribution in [2.24, 2.45) is 13.0 Å². The molecule has 2 heterocycles. The molecule has 0 saturated heterocycles. The van der Waals surface area contributed by atoms with Gasteiger partial charge in [-0.1, -0.05) is 13.8 Å². The molecular formula is C14H24ClN5. The van der Waals surface area contributed by atoms with Crippen molar-refractivity contribution >= 4 is 18.2 Å². The van der Waals surface area contributed by atoms with E-state index in [9.17, 15) is 0 Å². The second-order valence-electron chi connectivity index (χ2n) is 5.51. The second-order valence-corrected chi connectivity index (χ2v) is 5.51. The number of anilines is 1. The molecule has 0 unspecified atom stereocenters. The molecule has 6 heteroatoms. The van der Waals surface area contributed by atoms with Gasteiger partial charge in [-0.25, -0.2) is 0 Å². The first-order valence-corrected chi connectivity index (χ1v) is 6.73. The highest BCUT2D eigenvalue weighted by molar-refractivity contribution is 5.85. The summed E-state index contributed by atoms with van der Waals surface area (Å²) >= 11 is 0. The van der Waals surface area contributed by atoms with E-state index < -0.39 is 0 Å². The van der Waals surface area contributed by atoms with E-state index in [0.29, 0.717) is 5.92 Å². The number of hydrogen-bond donors (Lipinski definition) is 1. The minimum absolute atomic E-state index is 0. The van der Waals surface area contributed by atoms with E-state index in [2.05, 4.69) is 47.0 Å². The Morgan fingerprint density at radius 3 is 2.50 bits per heavy atom. The Hall–Kier alpha value is -1.49. The number of halogens is 1. The third-order valence-corrected chi connectivity index (χ3v) is 3.09. The van der Waals surface area contributed by atoms with Gasteiger partial charge < -0.3 is 5.32 Å². The first-order valence-electron chi connectivity index (χ1n) is 6.73. The lowest BCUT2D eigenvalue weighted by Crippen LogP contribution is -2.08. The molecule has 0 spiro atoms. The van der Waals surface area contributed by atoms with Gasteiger partial charge in [-0.3, -0.25) is 9.36 Å². The highest BCUT2D eigenvalue weighted by Gasteiger charge is 2.07. The quantitative estimate of drug-likeness (QED) is 0.923. The van der Waals surface area contributed by atoms with Gasteiger partial charge >= 0.3 is 0 Å². The minimum Gasteiger partial charge on any atom is -0.364 e. The largest absolute Gasteiger partial charge is 0.364 e. The number of nitrogens with zero attached hydrogens (tertiary/aromatic N) is 4. The van der Waals surface area contributed by atoms with E-state index in [1.165, 1.54) is 11.3 Å². The third-order valence-electron chi connectivity index (χ3n) is 3.09. The summed E-state index contributed by atoms with van der Waals surface area (Å²) in [5, 5.41) is 12.3. The number of nitrogens with one attached hydrogen (secondary N) is 1. The summed E-state index contributed by atoms with van der Waals surface area (Å²) in [7, 11) is 1.94. The zero-order valence-electron chi connectivity index (χ0n) is 12.8. The molecule has 20 heavy (non-hydrogen) atoms. The van der Waals surface area contributed by atoms with Crippen molar-refractivity contribution in [3.05, 3.63) is 29.2 Å². The number of rotatable bonds is 5. The Morgan fingerprint density at radius 2 is 1.95 bits per heavy atom. The van der Waals surface area contributed by atoms with Gasteiger partial charge in [-0.05, 0) is 19.8 Å². The summed E-state index contributed by atoms with van der Waals surface area (Å²) in [6, 6.07) is 2.09. The van der Waals surface area contributed by atoms with Gasteiger partial charge in [0.25, 0.3) is 0 Å². The summed E-state index contributed by atoms with van der Waals surface area (Å²) in [6.45, 7) is 10.2. The van der Waals surface area contributed by atoms with Crippen LogP contribution in [0.3, 0.4) is 0 Å². The van der Waals surface area contributed by atoms with Crippen molar-refractivity contribution in [2.75, 3.05) is 5.32 Å². The predicted octanol–water partition coefficient (Wildman–Crippen LogP) is 2.92. The van der Waals surface area contributed by atoms with Crippen LogP contribution in [0.2, 0.25) is 0 Å². The lowest BCUT2D eigenvalue weighted by molar-refractivity contribution is 0.475. The van der Waals surface area contributed by atoms with Crippen molar-refractivity contribution in [3.8, 4) is 0 Å². The summed E-state index contributed by atoms with van der Waals surface area (Å²) in [5.41, 5.74) is 3.46. The van der Waals surface area contributed by atoms with Crippen LogP contribution in [0.15, 0.2) is 12.3 Å². The molecule has 1 N–H and O–H groups in total. The van der Waals surface area contributed by atoms with E-state index in [0.717, 1.165) is 24.6 Å². The normalized spacial score (nSPS) is 10.7. The Morgan fingerprint density at radius 1 is 1.25 bits per heavy atom. The van der Waals surface area contributed by atoms with E-state index in [-0.39, 0.29) is 12.4 Å². The molecule has 2 aromatic rings. The second kappa shape index (κ2) is 6.79. The van der Waals surface area contributed by atoms with Gasteiger partial charge in [0, 0.05) is 43.7 Å². The molecule has 0 saturated carbocycles. The van der Waals surface area contributed by atoms with E-state index in [1.54, 1.807) is 0 Å². The first kappa shape index (κ1) is 16.6. The lowest BCUT2D eigenvalue weighted by Gasteiger charge is -2.06. The zero-order chi connectivity index (χ0) is 14.0. The number of aryl methyl sites for hydroxylation is 3. The van der Waals surface area contributed by atoms with Crippen molar-refractivity contribution < 1.29 is 0 Å². The smallest absolute Gasteiger partial charge is 0.148 e. The minimum atomic E-state index is 0. The molecule has 0 aliphatic heterocycles. The van der Waals surface area contributed by atoms with Crippen LogP contribution in [0.25, 0.3) is 0 Å². The summed E-state index contributed by atoms with van der Waals surface area (Å²) in [6.07, 6.45) is 2.04. The first-order chi connectivity index (χ1) is 8.95. The molecular weight excluding hydrogens is 274 g/mol. The molecule has 0 aromatic carbocycles. The Kier molecular flexibility index (Phi) is 5.62. The van der Waals surface area contributed by atoms with Crippen LogP contribution in [0.1, 0.15) is 30.8 Å². The average Bonchev–Trinajstić information content (AvgIpc) is 2.79. The molecule has 0 aliphatic carbocycles. The fourth-order valence-corrected chi connectivity index (χ4v) is 2.14. The van der Waals surface area contributed by atoms with E-state index >= 15 is 0 Å². The zero-order valence-corrected chi connectivity index (χ0v) is 13.7. The van der Waals surface area contributed by atoms with Crippen molar-refractivity contribution in [1.82, 2.24) is 19.6 Å². The summed E-state index contributed by atoms with van der Waals surface area (Å²) in [4.78, 5) is 0. The average molecular weight is 298 g/mol. The maximum Gasteiger partial charge on any atom is 0.148 e. The van der Waals surface area contributed by atoms with Gasteiger partial charge in [0.1, 0.15) is 5.82 Å². The van der Waals surface area contributed by atoms with Crippen molar-refractivity contribution in [1.29, 1.82) is 0 Å². The van der Waals surface area contributed by atoms with Gasteiger partial charge in [0.05, 0.1) is 5.69 Å². The van der Waals surface area contributed by atoms with Crippen molar-refractivity contribution in [2.45, 2.75) is 40.8 Å². The van der Waals surface area contributed by atoms with Gasteiger partial charge in [-0.15, -0.1) is 12.4 Å². The Labute approximate surface area is 126 Å². The number of aromatic nitrogens is 4. The van der Waals surface area contributed by atoms with Crippen LogP contribution in [-0.4, -0.2) is 19.6 Å². The molecule has 0 aliphatic rings. The highest BCUT2D eigenvalue weighted by Crippen LogP contribution is 2.13. The van der Waals surface area contributed by atoms with Gasteiger partial charge in [-0.2, -0.15) is 10.2 Å². The maximum absolute atomic E-state index is 4.58. The van der Waals surface area contributed by atoms with Crippen LogP contribution in [0.4, 0.5) is 5.82 Å². The molecule has 0 amide bonds. The fraction of sp³-hybridized carbons (Fsp3) is 0.571. The highest BCUT2D eigenvalue weighted by atomic mass is 35.5. The van der Waals surface area contributed by atoms with Crippen LogP contribution in [-0.2, 0) is 20.1 Å². The standard InChI is InChI=1S/C14H23N5.ClH/c1-10(2)8-19-11(3)6-14(17-19)15-7-13-9-18(5)16-12(13)4;/h6,9-10H,7-8H2,1-5H3,(H,15,17);1H. The number of hydrogen-bond acceptors (Lipinski definition) is 3. The molecule has 5 nitrogen and oxygen atoms in total. The maximum atomic E-state index is 4.58. The van der Waals surface area contributed by atoms with E-state index in [1.807, 2.05) is 24.9 Å². The third kappa shape index (κ3) is 4.00. The summed E-state index contributed by atoms with van der Waals surface area (Å²) < 4.78 is 3.90. The monoisotopic (exact) mass is 297 g/mol. The Balaban J connectivity index is 0.00000200. The molecule has 0 bridgehead atoms. The molecule has 112 valence electrons. The SMILES string of the molecule is Cc1nn(C)cc1CNc1cc(C)n(CC(C)C)n1.Cl. The van der Waals surface area contributed by atoms with Gasteiger partial charge in [0.2, 0.25) is 0 Å². The van der Waals surface area contributed by atoms with Crippen LogP contribution < -0.4 is 5.32 Å². The molecule has 0 radical (unpaired) electrons. The van der Waals surface area contributed by atoms with Crippen LogP contribution >= 0.6 is 12.4 Å². The molecule has 0 atom stereocenters. The molecule has 2 aromatic heterocycles. The van der Waals surface area contributed by atoms with Gasteiger partial charge in [0.15, 0.2) is 0 Å². The van der Waals surface area contributed by atoms with E-state index in [4.69, 9.17) is 0 Å². The lowest BCUT2D eigenvalue weighted by atomic mass is 10.2. The van der Waals surface area contributed by atoms with Crippen LogP contribution in [0.5, 0.6) is 0 Å². The van der Waals surface area contributed by atoms with Crippen molar-refractivity contribution in [3.63, 3.8) is 0 Å². The predicted molar refractivity (Wildman–Crippen MR) is 84.3 cm³/mol. The van der Waals surface area contributed by atoms with Crippen LogP contribution in [0, 0.1) is 19.8 Å². The molecule has 2 rings (SSSR count). The molecule has 0 fully saturated rings.